The van der Waals surface area contributed by atoms with E-state index in [2.05, 4.69) is 25.7 Å². The minimum atomic E-state index is -0.145. The van der Waals surface area contributed by atoms with Crippen molar-refractivity contribution in [2.45, 2.75) is 6.92 Å². The molecule has 0 radical (unpaired) electrons. The summed E-state index contributed by atoms with van der Waals surface area (Å²) in [5.74, 6) is 1.91. The van der Waals surface area contributed by atoms with E-state index in [4.69, 9.17) is 15.8 Å². The molecule has 0 atom stereocenters. The number of imidazole rings is 1. The average molecular weight is 454 g/mol. The number of fused-ring (bicyclic) bond motifs is 1. The predicted octanol–water partition coefficient (Wildman–Crippen LogP) is 2.58. The van der Waals surface area contributed by atoms with Crippen molar-refractivity contribution in [3.8, 4) is 22.6 Å². The van der Waals surface area contributed by atoms with Gasteiger partial charge in [0.25, 0.3) is 5.91 Å². The molecule has 34 heavy (non-hydrogen) atoms. The zero-order valence-electron chi connectivity index (χ0n) is 18.8. The number of aryl methyl sites for hydroxylation is 2. The van der Waals surface area contributed by atoms with Crippen LogP contribution in [0.4, 0.5) is 17.5 Å². The third kappa shape index (κ3) is 3.90. The molecule has 0 aliphatic rings. The molecule has 0 saturated heterocycles. The number of hydrogen-bond donors (Lipinski definition) is 3. The summed E-state index contributed by atoms with van der Waals surface area (Å²) in [5.41, 5.74) is 9.98. The Balaban J connectivity index is 1.66. The summed E-state index contributed by atoms with van der Waals surface area (Å²) in [4.78, 5) is 25.4. The van der Waals surface area contributed by atoms with Crippen molar-refractivity contribution in [2.24, 2.45) is 7.05 Å². The fourth-order valence-electron chi connectivity index (χ4n) is 3.66. The van der Waals surface area contributed by atoms with Crippen LogP contribution >= 0.6 is 0 Å². The SMILES string of the molecule is CNC(=O)c1ccc(-c2ccc3nc(Nc4ccn(C)n4)c(-c4cc(N)nc(C)n4)n3n2)cc1. The van der Waals surface area contributed by atoms with Gasteiger partial charge in [0, 0.05) is 43.6 Å². The number of nitrogens with two attached hydrogens (primary N) is 1. The van der Waals surface area contributed by atoms with Gasteiger partial charge in [0.1, 0.15) is 17.3 Å². The van der Waals surface area contributed by atoms with Gasteiger partial charge >= 0.3 is 0 Å². The van der Waals surface area contributed by atoms with E-state index in [-0.39, 0.29) is 5.91 Å². The monoisotopic (exact) mass is 454 g/mol. The summed E-state index contributed by atoms with van der Waals surface area (Å²) in [5, 5.41) is 15.1. The lowest BCUT2D eigenvalue weighted by atomic mass is 10.1. The summed E-state index contributed by atoms with van der Waals surface area (Å²) in [7, 11) is 3.44. The molecule has 4 N–H and O–H groups in total. The first-order valence-corrected chi connectivity index (χ1v) is 10.5. The van der Waals surface area contributed by atoms with Gasteiger partial charge < -0.3 is 16.4 Å². The first-order valence-electron chi connectivity index (χ1n) is 10.5. The van der Waals surface area contributed by atoms with Crippen molar-refractivity contribution < 1.29 is 4.79 Å². The molecule has 1 aromatic carbocycles. The molecule has 4 aromatic heterocycles. The third-order valence-corrected chi connectivity index (χ3v) is 5.21. The maximum atomic E-state index is 11.9. The van der Waals surface area contributed by atoms with Crippen LogP contribution in [0.3, 0.4) is 0 Å². The van der Waals surface area contributed by atoms with Crippen LogP contribution in [0.15, 0.2) is 54.7 Å². The number of rotatable bonds is 5. The summed E-state index contributed by atoms with van der Waals surface area (Å²) in [6, 6.07) is 14.5. The van der Waals surface area contributed by atoms with E-state index >= 15 is 0 Å². The molecule has 0 aliphatic heterocycles. The van der Waals surface area contributed by atoms with Gasteiger partial charge in [-0.25, -0.2) is 19.5 Å². The lowest BCUT2D eigenvalue weighted by Gasteiger charge is -2.08. The fraction of sp³-hybridized carbons (Fsp3) is 0.130. The molecule has 5 aromatic rings. The van der Waals surface area contributed by atoms with Gasteiger partial charge in [0.05, 0.1) is 11.4 Å². The largest absolute Gasteiger partial charge is 0.384 e. The maximum Gasteiger partial charge on any atom is 0.251 e. The van der Waals surface area contributed by atoms with Crippen molar-refractivity contribution in [3.63, 3.8) is 0 Å². The van der Waals surface area contributed by atoms with Crippen molar-refractivity contribution in [1.29, 1.82) is 0 Å². The fourth-order valence-corrected chi connectivity index (χ4v) is 3.66. The number of amides is 1. The van der Waals surface area contributed by atoms with Crippen molar-refractivity contribution in [1.82, 2.24) is 39.7 Å². The highest BCUT2D eigenvalue weighted by atomic mass is 16.1. The molecular weight excluding hydrogens is 432 g/mol. The molecule has 4 heterocycles. The Morgan fingerprint density at radius 1 is 0.971 bits per heavy atom. The Hall–Kier alpha value is -4.80. The van der Waals surface area contributed by atoms with E-state index in [1.165, 1.54) is 0 Å². The molecule has 11 nitrogen and oxygen atoms in total. The van der Waals surface area contributed by atoms with E-state index in [0.717, 1.165) is 5.56 Å². The van der Waals surface area contributed by atoms with Gasteiger partial charge in [0.2, 0.25) is 0 Å². The third-order valence-electron chi connectivity index (χ3n) is 5.21. The summed E-state index contributed by atoms with van der Waals surface area (Å²) < 4.78 is 3.41. The number of aromatic nitrogens is 7. The van der Waals surface area contributed by atoms with Crippen molar-refractivity contribution in [2.75, 3.05) is 18.1 Å². The Morgan fingerprint density at radius 2 is 1.76 bits per heavy atom. The minimum Gasteiger partial charge on any atom is -0.384 e. The van der Waals surface area contributed by atoms with Gasteiger partial charge in [-0.1, -0.05) is 12.1 Å². The van der Waals surface area contributed by atoms with Gasteiger partial charge in [-0.15, -0.1) is 0 Å². The molecule has 0 saturated carbocycles. The smallest absolute Gasteiger partial charge is 0.251 e. The molecule has 5 rings (SSSR count). The second kappa shape index (κ2) is 8.28. The maximum absolute atomic E-state index is 11.9. The molecule has 11 heteroatoms. The zero-order valence-corrected chi connectivity index (χ0v) is 18.8. The van der Waals surface area contributed by atoms with Crippen LogP contribution in [0.25, 0.3) is 28.3 Å². The van der Waals surface area contributed by atoms with Gasteiger partial charge in [-0.3, -0.25) is 9.48 Å². The topological polar surface area (TPSA) is 141 Å². The summed E-state index contributed by atoms with van der Waals surface area (Å²) in [6.07, 6.45) is 1.84. The number of nitrogens with one attached hydrogen (secondary N) is 2. The molecule has 1 amide bonds. The zero-order chi connectivity index (χ0) is 23.8. The Labute approximate surface area is 194 Å². The van der Waals surface area contributed by atoms with Gasteiger partial charge in [0.15, 0.2) is 17.3 Å². The summed E-state index contributed by atoms with van der Waals surface area (Å²) >= 11 is 0. The number of benzene rings is 1. The van der Waals surface area contributed by atoms with Crippen LogP contribution in [0, 0.1) is 6.92 Å². The Morgan fingerprint density at radius 3 is 2.44 bits per heavy atom. The molecular formula is C23H22N10O. The normalized spacial score (nSPS) is 11.0. The highest BCUT2D eigenvalue weighted by Gasteiger charge is 2.19. The Kier molecular flexibility index (Phi) is 5.13. The van der Waals surface area contributed by atoms with Crippen molar-refractivity contribution in [3.05, 3.63) is 66.1 Å². The van der Waals surface area contributed by atoms with Crippen LogP contribution in [-0.4, -0.2) is 47.3 Å². The highest BCUT2D eigenvalue weighted by Crippen LogP contribution is 2.31. The van der Waals surface area contributed by atoms with Crippen LogP contribution in [0.1, 0.15) is 16.2 Å². The van der Waals surface area contributed by atoms with E-state index in [9.17, 15) is 4.79 Å². The molecule has 0 unspecified atom stereocenters. The summed E-state index contributed by atoms with van der Waals surface area (Å²) in [6.45, 7) is 1.78. The first-order chi connectivity index (χ1) is 16.4. The minimum absolute atomic E-state index is 0.145. The van der Waals surface area contributed by atoms with Crippen LogP contribution in [0.5, 0.6) is 0 Å². The molecule has 0 fully saturated rings. The first kappa shape index (κ1) is 21.1. The highest BCUT2D eigenvalue weighted by molar-refractivity contribution is 5.94. The number of carbonyl (C=O) groups excluding carboxylic acids is 1. The quantitative estimate of drug-likeness (QED) is 0.368. The van der Waals surface area contributed by atoms with Gasteiger partial charge in [-0.05, 0) is 31.2 Å². The molecule has 170 valence electrons. The molecule has 0 aliphatic carbocycles. The second-order valence-corrected chi connectivity index (χ2v) is 7.68. The number of carbonyl (C=O) groups is 1. The van der Waals surface area contributed by atoms with Crippen LogP contribution in [-0.2, 0) is 7.05 Å². The molecule has 0 bridgehead atoms. The molecule has 0 spiro atoms. The van der Waals surface area contributed by atoms with Crippen LogP contribution < -0.4 is 16.4 Å². The number of nitrogen functional groups attached to an aromatic ring is 1. The van der Waals surface area contributed by atoms with Crippen LogP contribution in [0.2, 0.25) is 0 Å². The Bertz CT molecular complexity index is 1500. The average Bonchev–Trinajstić information content (AvgIpc) is 3.40. The number of nitrogens with zero attached hydrogens (tertiary/aromatic N) is 7. The standard InChI is InChI=1S/C23H22N10O/c1-13-26-17(12-18(24)27-13)21-22(28-19-10-11-32(3)31-19)29-20-9-8-16(30-33(20)21)14-4-6-15(7-5-14)23(34)25-2/h4-12H,1-3H3,(H,25,34)(H,28,31)(H2,24,26,27). The number of anilines is 3. The van der Waals surface area contributed by atoms with E-state index in [0.29, 0.717) is 51.6 Å². The lowest BCUT2D eigenvalue weighted by molar-refractivity contribution is 0.0963. The predicted molar refractivity (Wildman–Crippen MR) is 128 cm³/mol. The second-order valence-electron chi connectivity index (χ2n) is 7.68. The van der Waals surface area contributed by atoms with E-state index < -0.39 is 0 Å². The van der Waals surface area contributed by atoms with Gasteiger partial charge in [-0.2, -0.15) is 10.2 Å². The lowest BCUT2D eigenvalue weighted by Crippen LogP contribution is -2.17. The van der Waals surface area contributed by atoms with E-state index in [1.54, 1.807) is 41.4 Å². The number of hydrogen-bond acceptors (Lipinski definition) is 8. The van der Waals surface area contributed by atoms with E-state index in [1.807, 2.05) is 43.6 Å². The van der Waals surface area contributed by atoms with Crippen molar-refractivity contribution >= 4 is 29.0 Å².